The fraction of sp³-hybridized carbons (Fsp3) is 0.826. The molecule has 3 atom stereocenters. The molecule has 0 aliphatic heterocycles. The number of unbranched alkanes of at least 4 members (excludes halogenated alkanes) is 2. The number of hydrogen-bond acceptors (Lipinski definition) is 6. The molecule has 0 aliphatic carbocycles. The first-order valence-electron chi connectivity index (χ1n) is 11.4. The predicted molar refractivity (Wildman–Crippen MR) is 123 cm³/mol. The lowest BCUT2D eigenvalue weighted by atomic mass is 10.0. The minimum Gasteiger partial charge on any atom is -0.465 e. The van der Waals surface area contributed by atoms with Crippen molar-refractivity contribution >= 4 is 29.6 Å². The van der Waals surface area contributed by atoms with Gasteiger partial charge in [0.15, 0.2) is 0 Å². The van der Waals surface area contributed by atoms with Gasteiger partial charge in [-0.25, -0.2) is 0 Å². The van der Waals surface area contributed by atoms with E-state index in [1.54, 1.807) is 0 Å². The molecule has 3 unspecified atom stereocenters. The number of primary amides is 1. The number of carbonyl (C=O) groups is 3. The van der Waals surface area contributed by atoms with Gasteiger partial charge in [0, 0.05) is 5.75 Å². The largest absolute Gasteiger partial charge is 0.465 e. The molecular weight excluding hydrogens is 402 g/mol. The lowest BCUT2D eigenvalue weighted by molar-refractivity contribution is -0.151. The molecule has 0 fully saturated rings. The number of carbonyl (C=O) groups excluding carboxylic acids is 3. The number of nitrogens with two attached hydrogens (primary N) is 1. The van der Waals surface area contributed by atoms with Crippen molar-refractivity contribution in [2.45, 2.75) is 90.7 Å². The van der Waals surface area contributed by atoms with E-state index in [2.05, 4.69) is 27.7 Å². The second kappa shape index (κ2) is 18.5. The van der Waals surface area contributed by atoms with Crippen molar-refractivity contribution in [3.63, 3.8) is 0 Å². The summed E-state index contributed by atoms with van der Waals surface area (Å²) in [6.45, 7) is 9.19. The van der Waals surface area contributed by atoms with Crippen LogP contribution in [0.1, 0.15) is 85.5 Å². The Hall–Kier alpha value is -1.24. The molecule has 0 bridgehead atoms. The van der Waals surface area contributed by atoms with Crippen molar-refractivity contribution in [3.05, 3.63) is 6.42 Å². The van der Waals surface area contributed by atoms with E-state index < -0.39 is 23.1 Å². The summed E-state index contributed by atoms with van der Waals surface area (Å²) in [6, 6.07) is 0. The molecule has 0 aromatic heterocycles. The van der Waals surface area contributed by atoms with Crippen LogP contribution in [-0.4, -0.2) is 42.1 Å². The maximum absolute atomic E-state index is 12.6. The van der Waals surface area contributed by atoms with Crippen molar-refractivity contribution in [2.24, 2.45) is 17.6 Å². The van der Waals surface area contributed by atoms with Crippen LogP contribution in [0.5, 0.6) is 0 Å². The number of ether oxygens (including phenoxy) is 2. The topological polar surface area (TPSA) is 95.7 Å². The van der Waals surface area contributed by atoms with Crippen molar-refractivity contribution in [3.8, 4) is 0 Å². The van der Waals surface area contributed by atoms with Gasteiger partial charge in [0.2, 0.25) is 5.91 Å². The van der Waals surface area contributed by atoms with Gasteiger partial charge in [-0.15, -0.1) is 11.8 Å². The van der Waals surface area contributed by atoms with Crippen LogP contribution in [-0.2, 0) is 23.9 Å². The molecule has 0 saturated carbocycles. The third-order valence-electron chi connectivity index (χ3n) is 5.22. The molecule has 6 nitrogen and oxygen atoms in total. The number of rotatable bonds is 19. The van der Waals surface area contributed by atoms with E-state index in [1.165, 1.54) is 18.2 Å². The van der Waals surface area contributed by atoms with Gasteiger partial charge in [0.05, 0.1) is 26.1 Å². The first-order chi connectivity index (χ1) is 14.4. The molecule has 0 saturated heterocycles. The Labute approximate surface area is 187 Å². The van der Waals surface area contributed by atoms with Crippen molar-refractivity contribution in [1.29, 1.82) is 0 Å². The maximum atomic E-state index is 12.6. The zero-order valence-corrected chi connectivity index (χ0v) is 20.1. The summed E-state index contributed by atoms with van der Waals surface area (Å²) in [4.78, 5) is 35.9. The summed E-state index contributed by atoms with van der Waals surface area (Å²) in [7, 11) is 0. The summed E-state index contributed by atoms with van der Waals surface area (Å²) in [5, 5.41) is -0.701. The zero-order valence-electron chi connectivity index (χ0n) is 19.3. The summed E-state index contributed by atoms with van der Waals surface area (Å²) in [5.41, 5.74) is 5.14. The van der Waals surface area contributed by atoms with Gasteiger partial charge in [-0.3, -0.25) is 14.4 Å². The molecule has 175 valence electrons. The summed E-state index contributed by atoms with van der Waals surface area (Å²) in [5.74, 6) is -0.459. The minimum absolute atomic E-state index is 0.0634. The Morgan fingerprint density at radius 2 is 1.43 bits per heavy atom. The van der Waals surface area contributed by atoms with E-state index >= 15 is 0 Å². The van der Waals surface area contributed by atoms with Crippen LogP contribution < -0.4 is 5.73 Å². The monoisotopic (exact) mass is 444 g/mol. The van der Waals surface area contributed by atoms with Crippen LogP contribution in [0, 0.1) is 18.3 Å². The van der Waals surface area contributed by atoms with Gasteiger partial charge in [-0.2, -0.15) is 0 Å². The van der Waals surface area contributed by atoms with E-state index in [4.69, 9.17) is 15.2 Å². The highest BCUT2D eigenvalue weighted by Gasteiger charge is 2.26. The molecule has 1 amide bonds. The number of thioether (sulfide) groups is 1. The van der Waals surface area contributed by atoms with Gasteiger partial charge in [-0.05, 0) is 24.7 Å². The standard InChI is InChI=1S/C23H42NO5S/c1-5-9-11-18(7-3)16-28-22(26)15-20(30-14-13-21(24)25)23(27)29-17-19(8-4)12-10-6-2/h13,18-20H,5-12,14-17H2,1-4H3,(H2,24,25). The first-order valence-corrected chi connectivity index (χ1v) is 12.5. The normalized spacial score (nSPS) is 14.0. The van der Waals surface area contributed by atoms with Gasteiger partial charge < -0.3 is 15.2 Å². The van der Waals surface area contributed by atoms with Crippen molar-refractivity contribution < 1.29 is 23.9 Å². The highest BCUT2D eigenvalue weighted by Crippen LogP contribution is 2.21. The number of amides is 1. The van der Waals surface area contributed by atoms with Gasteiger partial charge in [-0.1, -0.05) is 66.2 Å². The molecule has 0 heterocycles. The van der Waals surface area contributed by atoms with Crippen LogP contribution >= 0.6 is 11.8 Å². The van der Waals surface area contributed by atoms with Crippen LogP contribution in [0.3, 0.4) is 0 Å². The third-order valence-corrected chi connectivity index (χ3v) is 6.35. The average Bonchev–Trinajstić information content (AvgIpc) is 2.72. The van der Waals surface area contributed by atoms with E-state index in [1.807, 2.05) is 0 Å². The molecule has 2 N–H and O–H groups in total. The molecule has 0 aromatic rings. The Bertz CT molecular complexity index is 486. The lowest BCUT2D eigenvalue weighted by Crippen LogP contribution is -2.28. The zero-order chi connectivity index (χ0) is 22.8. The summed E-state index contributed by atoms with van der Waals surface area (Å²) < 4.78 is 11.0. The molecule has 0 aromatic carbocycles. The lowest BCUT2D eigenvalue weighted by Gasteiger charge is -2.19. The molecule has 30 heavy (non-hydrogen) atoms. The Morgan fingerprint density at radius 3 is 1.90 bits per heavy atom. The smallest absolute Gasteiger partial charge is 0.319 e. The molecule has 0 spiro atoms. The van der Waals surface area contributed by atoms with E-state index in [0.29, 0.717) is 25.0 Å². The maximum Gasteiger partial charge on any atom is 0.319 e. The van der Waals surface area contributed by atoms with Crippen LogP contribution in [0.15, 0.2) is 0 Å². The minimum atomic E-state index is -0.701. The molecule has 0 aliphatic rings. The fourth-order valence-electron chi connectivity index (χ4n) is 2.97. The van der Waals surface area contributed by atoms with Gasteiger partial charge in [0.1, 0.15) is 5.25 Å². The Balaban J connectivity index is 4.70. The van der Waals surface area contributed by atoms with Gasteiger partial charge in [0.25, 0.3) is 0 Å². The van der Waals surface area contributed by atoms with Crippen LogP contribution in [0.4, 0.5) is 0 Å². The predicted octanol–water partition coefficient (Wildman–Crippen LogP) is 4.69. The highest BCUT2D eigenvalue weighted by molar-refractivity contribution is 8.00. The van der Waals surface area contributed by atoms with Crippen LogP contribution in [0.2, 0.25) is 0 Å². The van der Waals surface area contributed by atoms with Crippen molar-refractivity contribution in [2.75, 3.05) is 19.0 Å². The third kappa shape index (κ3) is 14.7. The second-order valence-corrected chi connectivity index (χ2v) is 9.01. The Kier molecular flexibility index (Phi) is 17.8. The number of hydrogen-bond donors (Lipinski definition) is 1. The molecule has 7 heteroatoms. The Morgan fingerprint density at radius 1 is 0.900 bits per heavy atom. The average molecular weight is 445 g/mol. The van der Waals surface area contributed by atoms with Crippen LogP contribution in [0.25, 0.3) is 0 Å². The quantitative estimate of drug-likeness (QED) is 0.290. The summed E-state index contributed by atoms with van der Waals surface area (Å²) >= 11 is 1.19. The number of esters is 2. The van der Waals surface area contributed by atoms with Gasteiger partial charge >= 0.3 is 11.9 Å². The fourth-order valence-corrected chi connectivity index (χ4v) is 3.92. The van der Waals surface area contributed by atoms with E-state index in [-0.39, 0.29) is 12.2 Å². The SMILES string of the molecule is CCCCC(CC)COC(=O)CC(SC[CH]C(N)=O)C(=O)OCC(CC)CCCC. The molecule has 1 radical (unpaired) electrons. The first kappa shape index (κ1) is 28.8. The van der Waals surface area contributed by atoms with E-state index in [9.17, 15) is 14.4 Å². The second-order valence-electron chi connectivity index (χ2n) is 7.78. The molecular formula is C23H42NO5S. The highest BCUT2D eigenvalue weighted by atomic mass is 32.2. The van der Waals surface area contributed by atoms with E-state index in [0.717, 1.165) is 51.4 Å². The van der Waals surface area contributed by atoms with Crippen molar-refractivity contribution in [1.82, 2.24) is 0 Å². The summed E-state index contributed by atoms with van der Waals surface area (Å²) in [6.07, 6.45) is 9.62. The molecule has 0 rings (SSSR count).